The normalized spacial score (nSPS) is 24.1. The number of rotatable bonds is 4. The number of likely N-dealkylation sites (tertiary alicyclic amines) is 1. The summed E-state index contributed by atoms with van der Waals surface area (Å²) in [7, 11) is 1.47. The van der Waals surface area contributed by atoms with Crippen LogP contribution in [-0.4, -0.2) is 30.1 Å². The van der Waals surface area contributed by atoms with Gasteiger partial charge in [-0.05, 0) is 25.3 Å². The zero-order valence-corrected chi connectivity index (χ0v) is 11.8. The van der Waals surface area contributed by atoms with Gasteiger partial charge in [-0.15, -0.1) is 0 Å². The Kier molecular flexibility index (Phi) is 4.97. The maximum Gasteiger partial charge on any atom is 0.307 e. The number of methoxy groups -OCH3 is 1. The fraction of sp³-hybridized carbons (Fsp3) is 0.562. The maximum atomic E-state index is 11.5. The van der Waals surface area contributed by atoms with Crippen molar-refractivity contribution >= 4 is 5.97 Å². The zero-order valence-electron chi connectivity index (χ0n) is 11.8. The standard InChI is InChI=1S/C16H23NO2/c1-13-7-6-10-15(11-16(18)19-2)17(13)12-14-8-4-3-5-9-14/h3-5,8-9,13,15H,6-7,10-12H2,1-2H3/t13-,15-/m1/s1. The first kappa shape index (κ1) is 14.1. The molecular formula is C16H23NO2. The van der Waals surface area contributed by atoms with Crippen molar-refractivity contribution in [2.24, 2.45) is 0 Å². The highest BCUT2D eigenvalue weighted by Gasteiger charge is 2.29. The Morgan fingerprint density at radius 1 is 1.32 bits per heavy atom. The summed E-state index contributed by atoms with van der Waals surface area (Å²) in [4.78, 5) is 14.0. The second-order valence-corrected chi connectivity index (χ2v) is 5.37. The van der Waals surface area contributed by atoms with E-state index in [4.69, 9.17) is 4.74 Å². The summed E-state index contributed by atoms with van der Waals surface area (Å²) in [5.41, 5.74) is 1.31. The molecule has 3 nitrogen and oxygen atoms in total. The molecule has 0 saturated carbocycles. The van der Waals surface area contributed by atoms with Crippen LogP contribution in [0.4, 0.5) is 0 Å². The molecule has 2 rings (SSSR count). The lowest BCUT2D eigenvalue weighted by Gasteiger charge is -2.40. The number of nitrogens with zero attached hydrogens (tertiary/aromatic N) is 1. The van der Waals surface area contributed by atoms with Crippen LogP contribution in [0.2, 0.25) is 0 Å². The molecule has 0 aliphatic carbocycles. The van der Waals surface area contributed by atoms with E-state index in [1.807, 2.05) is 6.07 Å². The molecule has 19 heavy (non-hydrogen) atoms. The van der Waals surface area contributed by atoms with Crippen LogP contribution in [0.15, 0.2) is 30.3 Å². The molecule has 0 radical (unpaired) electrons. The molecule has 104 valence electrons. The molecule has 1 fully saturated rings. The van der Waals surface area contributed by atoms with Gasteiger partial charge in [0.05, 0.1) is 13.5 Å². The van der Waals surface area contributed by atoms with Gasteiger partial charge in [0.25, 0.3) is 0 Å². The number of ether oxygens (including phenoxy) is 1. The number of piperidine rings is 1. The van der Waals surface area contributed by atoms with Crippen molar-refractivity contribution in [1.82, 2.24) is 4.90 Å². The molecule has 3 heteroatoms. The van der Waals surface area contributed by atoms with Crippen molar-refractivity contribution in [3.63, 3.8) is 0 Å². The molecule has 0 unspecified atom stereocenters. The number of carbonyl (C=O) groups is 1. The SMILES string of the molecule is COC(=O)C[C@H]1CCC[C@@H](C)N1Cc1ccccc1. The van der Waals surface area contributed by atoms with Crippen molar-refractivity contribution in [2.75, 3.05) is 7.11 Å². The van der Waals surface area contributed by atoms with Gasteiger partial charge in [0.1, 0.15) is 0 Å². The Bertz CT molecular complexity index is 404. The van der Waals surface area contributed by atoms with E-state index in [1.54, 1.807) is 0 Å². The van der Waals surface area contributed by atoms with E-state index in [2.05, 4.69) is 36.1 Å². The van der Waals surface area contributed by atoms with E-state index in [9.17, 15) is 4.79 Å². The Morgan fingerprint density at radius 3 is 2.74 bits per heavy atom. The summed E-state index contributed by atoms with van der Waals surface area (Å²) >= 11 is 0. The first-order valence-corrected chi connectivity index (χ1v) is 7.07. The summed E-state index contributed by atoms with van der Waals surface area (Å²) in [6.45, 7) is 3.18. The largest absolute Gasteiger partial charge is 0.469 e. The third-order valence-corrected chi connectivity index (χ3v) is 4.03. The number of carbonyl (C=O) groups excluding carboxylic acids is 1. The van der Waals surface area contributed by atoms with E-state index in [1.165, 1.54) is 25.5 Å². The molecule has 2 atom stereocenters. The van der Waals surface area contributed by atoms with Crippen molar-refractivity contribution in [3.05, 3.63) is 35.9 Å². The third-order valence-electron chi connectivity index (χ3n) is 4.03. The lowest BCUT2D eigenvalue weighted by atomic mass is 9.93. The van der Waals surface area contributed by atoms with Crippen LogP contribution in [0.3, 0.4) is 0 Å². The Labute approximate surface area is 115 Å². The summed E-state index contributed by atoms with van der Waals surface area (Å²) in [6.07, 6.45) is 4.01. The van der Waals surface area contributed by atoms with Crippen LogP contribution >= 0.6 is 0 Å². The van der Waals surface area contributed by atoms with Crippen molar-refractivity contribution in [2.45, 2.75) is 51.2 Å². The number of benzene rings is 1. The second kappa shape index (κ2) is 6.71. The fourth-order valence-corrected chi connectivity index (χ4v) is 2.91. The predicted molar refractivity (Wildman–Crippen MR) is 75.7 cm³/mol. The third kappa shape index (κ3) is 3.80. The van der Waals surface area contributed by atoms with Gasteiger partial charge in [-0.1, -0.05) is 36.8 Å². The predicted octanol–water partition coefficient (Wildman–Crippen LogP) is 2.99. The molecule has 0 spiro atoms. The van der Waals surface area contributed by atoms with Crippen molar-refractivity contribution < 1.29 is 9.53 Å². The quantitative estimate of drug-likeness (QED) is 0.780. The van der Waals surface area contributed by atoms with Gasteiger partial charge < -0.3 is 4.74 Å². The van der Waals surface area contributed by atoms with Gasteiger partial charge >= 0.3 is 5.97 Å². The Hall–Kier alpha value is -1.35. The van der Waals surface area contributed by atoms with Crippen LogP contribution in [0.25, 0.3) is 0 Å². The van der Waals surface area contributed by atoms with Gasteiger partial charge in [0.15, 0.2) is 0 Å². The highest BCUT2D eigenvalue weighted by Crippen LogP contribution is 2.27. The number of hydrogen-bond donors (Lipinski definition) is 0. The van der Waals surface area contributed by atoms with Gasteiger partial charge in [-0.2, -0.15) is 0 Å². The second-order valence-electron chi connectivity index (χ2n) is 5.37. The monoisotopic (exact) mass is 261 g/mol. The lowest BCUT2D eigenvalue weighted by Crippen LogP contribution is -2.45. The van der Waals surface area contributed by atoms with E-state index >= 15 is 0 Å². The highest BCUT2D eigenvalue weighted by molar-refractivity contribution is 5.69. The Balaban J connectivity index is 2.05. The molecule has 0 aromatic heterocycles. The van der Waals surface area contributed by atoms with E-state index in [-0.39, 0.29) is 5.97 Å². The minimum atomic E-state index is -0.0999. The van der Waals surface area contributed by atoms with Crippen LogP contribution < -0.4 is 0 Å². The van der Waals surface area contributed by atoms with Crippen molar-refractivity contribution in [3.8, 4) is 0 Å². The topological polar surface area (TPSA) is 29.5 Å². The van der Waals surface area contributed by atoms with Crippen molar-refractivity contribution in [1.29, 1.82) is 0 Å². The molecule has 0 bridgehead atoms. The molecule has 1 saturated heterocycles. The van der Waals surface area contributed by atoms with Crippen LogP contribution in [0, 0.1) is 0 Å². The van der Waals surface area contributed by atoms with E-state index in [0.717, 1.165) is 13.0 Å². The summed E-state index contributed by atoms with van der Waals surface area (Å²) in [5.74, 6) is -0.0999. The molecule has 1 aliphatic heterocycles. The van der Waals surface area contributed by atoms with E-state index < -0.39 is 0 Å². The van der Waals surface area contributed by atoms with Gasteiger partial charge in [-0.25, -0.2) is 0 Å². The van der Waals surface area contributed by atoms with Gasteiger partial charge in [0, 0.05) is 18.6 Å². The smallest absolute Gasteiger partial charge is 0.307 e. The van der Waals surface area contributed by atoms with Crippen LogP contribution in [0.5, 0.6) is 0 Å². The molecular weight excluding hydrogens is 238 g/mol. The molecule has 1 aromatic rings. The first-order valence-electron chi connectivity index (χ1n) is 7.07. The lowest BCUT2D eigenvalue weighted by molar-refractivity contribution is -0.142. The molecule has 1 aromatic carbocycles. The average molecular weight is 261 g/mol. The summed E-state index contributed by atoms with van der Waals surface area (Å²) in [5, 5.41) is 0. The maximum absolute atomic E-state index is 11.5. The van der Waals surface area contributed by atoms with E-state index in [0.29, 0.717) is 18.5 Å². The Morgan fingerprint density at radius 2 is 2.05 bits per heavy atom. The minimum Gasteiger partial charge on any atom is -0.469 e. The molecule has 1 aliphatic rings. The highest BCUT2D eigenvalue weighted by atomic mass is 16.5. The van der Waals surface area contributed by atoms with Crippen LogP contribution in [-0.2, 0) is 16.1 Å². The van der Waals surface area contributed by atoms with Gasteiger partial charge in [0.2, 0.25) is 0 Å². The molecule has 0 N–H and O–H groups in total. The number of esters is 1. The first-order chi connectivity index (χ1) is 9.20. The summed E-state index contributed by atoms with van der Waals surface area (Å²) in [6, 6.07) is 11.3. The van der Waals surface area contributed by atoms with Crippen LogP contribution in [0.1, 0.15) is 38.2 Å². The molecule has 0 amide bonds. The number of hydrogen-bond acceptors (Lipinski definition) is 3. The summed E-state index contributed by atoms with van der Waals surface area (Å²) < 4.78 is 4.82. The fourth-order valence-electron chi connectivity index (χ4n) is 2.91. The average Bonchev–Trinajstić information content (AvgIpc) is 2.43. The van der Waals surface area contributed by atoms with Gasteiger partial charge in [-0.3, -0.25) is 9.69 Å². The molecule has 1 heterocycles. The minimum absolute atomic E-state index is 0.0999. The zero-order chi connectivity index (χ0) is 13.7.